The molecule has 0 radical (unpaired) electrons. The molecule has 1 fully saturated rings. The van der Waals surface area contributed by atoms with Crippen molar-refractivity contribution in [3.05, 3.63) is 0 Å². The van der Waals surface area contributed by atoms with Crippen LogP contribution < -0.4 is 0 Å². The van der Waals surface area contributed by atoms with Gasteiger partial charge in [-0.15, -0.1) is 0 Å². The first kappa shape index (κ1) is 12.0. The lowest BCUT2D eigenvalue weighted by Crippen LogP contribution is -2.41. The molecule has 0 amide bonds. The van der Waals surface area contributed by atoms with E-state index in [1.54, 1.807) is 0 Å². The molecule has 84 valence electrons. The Morgan fingerprint density at radius 3 is 2.21 bits per heavy atom. The highest BCUT2D eigenvalue weighted by Crippen LogP contribution is 2.18. The monoisotopic (exact) mass is 198 g/mol. The summed E-state index contributed by atoms with van der Waals surface area (Å²) >= 11 is 0. The average Bonchev–Trinajstić information content (AvgIpc) is 2.51. The van der Waals surface area contributed by atoms with Gasteiger partial charge in [-0.2, -0.15) is 0 Å². The number of likely N-dealkylation sites (tertiary alicyclic amines) is 1. The van der Waals surface area contributed by atoms with Crippen LogP contribution in [-0.2, 0) is 0 Å². The van der Waals surface area contributed by atoms with E-state index in [0.29, 0.717) is 0 Å². The lowest BCUT2D eigenvalue weighted by molar-refractivity contribution is -0.897. The van der Waals surface area contributed by atoms with Crippen molar-refractivity contribution >= 4 is 0 Å². The first-order chi connectivity index (χ1) is 6.62. The van der Waals surface area contributed by atoms with Crippen LogP contribution in [0.5, 0.6) is 0 Å². The Morgan fingerprint density at radius 1 is 1.00 bits per heavy atom. The van der Waals surface area contributed by atoms with Gasteiger partial charge in [0.15, 0.2) is 0 Å². The zero-order valence-corrected chi connectivity index (χ0v) is 10.4. The van der Waals surface area contributed by atoms with E-state index >= 15 is 0 Å². The Labute approximate surface area is 90.1 Å². The predicted octanol–water partition coefficient (Wildman–Crippen LogP) is 3.44. The number of hydrogen-bond donors (Lipinski definition) is 0. The van der Waals surface area contributed by atoms with Crippen LogP contribution in [-0.4, -0.2) is 31.2 Å². The highest BCUT2D eigenvalue weighted by atomic mass is 15.3. The van der Waals surface area contributed by atoms with Gasteiger partial charge in [0.05, 0.1) is 26.7 Å². The smallest absolute Gasteiger partial charge is 0.0786 e. The molecule has 1 heterocycles. The Balaban J connectivity index is 1.98. The van der Waals surface area contributed by atoms with Crippen LogP contribution in [0.25, 0.3) is 0 Å². The van der Waals surface area contributed by atoms with E-state index in [9.17, 15) is 0 Å². The van der Waals surface area contributed by atoms with Gasteiger partial charge in [-0.1, -0.05) is 26.7 Å². The molecule has 1 nitrogen and oxygen atoms in total. The molecule has 1 heteroatoms. The first-order valence-corrected chi connectivity index (χ1v) is 6.46. The van der Waals surface area contributed by atoms with Gasteiger partial charge in [0, 0.05) is 12.8 Å². The van der Waals surface area contributed by atoms with Crippen LogP contribution in [0.1, 0.15) is 52.4 Å². The van der Waals surface area contributed by atoms with Crippen molar-refractivity contribution in [2.45, 2.75) is 52.4 Å². The van der Waals surface area contributed by atoms with E-state index in [1.807, 2.05) is 0 Å². The number of unbranched alkanes of at least 4 members (excludes halogenated alkanes) is 2. The van der Waals surface area contributed by atoms with Crippen LogP contribution in [0.3, 0.4) is 0 Å². The van der Waals surface area contributed by atoms with E-state index in [2.05, 4.69) is 20.9 Å². The molecule has 14 heavy (non-hydrogen) atoms. The third-order valence-electron chi connectivity index (χ3n) is 3.63. The summed E-state index contributed by atoms with van der Waals surface area (Å²) < 4.78 is 1.36. The largest absolute Gasteiger partial charge is 0.326 e. The fourth-order valence-corrected chi connectivity index (χ4v) is 2.55. The van der Waals surface area contributed by atoms with Crippen LogP contribution in [0.4, 0.5) is 0 Å². The van der Waals surface area contributed by atoms with Crippen molar-refractivity contribution in [1.29, 1.82) is 0 Å². The molecule has 0 saturated carbocycles. The summed E-state index contributed by atoms with van der Waals surface area (Å²) in [6.45, 7) is 8.95. The zero-order chi connectivity index (χ0) is 10.4. The van der Waals surface area contributed by atoms with E-state index in [4.69, 9.17) is 0 Å². The van der Waals surface area contributed by atoms with Crippen molar-refractivity contribution in [2.24, 2.45) is 5.92 Å². The molecule has 1 rings (SSSR count). The molecular weight excluding hydrogens is 170 g/mol. The van der Waals surface area contributed by atoms with Gasteiger partial charge in [-0.25, -0.2) is 0 Å². The molecule has 0 N–H and O–H groups in total. The topological polar surface area (TPSA) is 0 Å². The van der Waals surface area contributed by atoms with Gasteiger partial charge in [0.1, 0.15) is 0 Å². The SMILES string of the molecule is CC(C)CCCCC[N+]1(C)CCCC1. The van der Waals surface area contributed by atoms with Crippen molar-refractivity contribution in [2.75, 3.05) is 26.7 Å². The Bertz CT molecular complexity index is 145. The van der Waals surface area contributed by atoms with Crippen molar-refractivity contribution in [3.8, 4) is 0 Å². The molecule has 1 aliphatic heterocycles. The summed E-state index contributed by atoms with van der Waals surface area (Å²) in [5, 5.41) is 0. The second-order valence-corrected chi connectivity index (χ2v) is 5.74. The lowest BCUT2D eigenvalue weighted by Gasteiger charge is -2.29. The third-order valence-corrected chi connectivity index (χ3v) is 3.63. The number of rotatable bonds is 6. The third kappa shape index (κ3) is 4.45. The van der Waals surface area contributed by atoms with Gasteiger partial charge in [-0.3, -0.25) is 0 Å². The maximum absolute atomic E-state index is 2.44. The molecule has 0 atom stereocenters. The molecule has 1 saturated heterocycles. The quantitative estimate of drug-likeness (QED) is 0.453. The minimum absolute atomic E-state index is 0.895. The minimum atomic E-state index is 0.895. The van der Waals surface area contributed by atoms with Gasteiger partial charge in [0.25, 0.3) is 0 Å². The molecule has 0 spiro atoms. The van der Waals surface area contributed by atoms with Gasteiger partial charge in [-0.05, 0) is 18.8 Å². The minimum Gasteiger partial charge on any atom is -0.326 e. The van der Waals surface area contributed by atoms with Crippen LogP contribution >= 0.6 is 0 Å². The van der Waals surface area contributed by atoms with Crippen LogP contribution in [0.2, 0.25) is 0 Å². The van der Waals surface area contributed by atoms with E-state index in [0.717, 1.165) is 5.92 Å². The Kier molecular flexibility index (Phi) is 4.94. The molecular formula is C13H28N+. The summed E-state index contributed by atoms with van der Waals surface area (Å²) in [5.74, 6) is 0.895. The first-order valence-electron chi connectivity index (χ1n) is 6.46. The summed E-state index contributed by atoms with van der Waals surface area (Å²) in [6.07, 6.45) is 8.68. The molecule has 0 aromatic heterocycles. The van der Waals surface area contributed by atoms with E-state index in [-0.39, 0.29) is 0 Å². The summed E-state index contributed by atoms with van der Waals surface area (Å²) in [7, 11) is 2.44. The maximum atomic E-state index is 2.44. The fraction of sp³-hybridized carbons (Fsp3) is 1.00. The standard InChI is InChI=1S/C13H28N/c1-13(2)9-5-4-6-10-14(3)11-7-8-12-14/h13H,4-12H2,1-3H3/q+1. The lowest BCUT2D eigenvalue weighted by atomic mass is 10.1. The summed E-state index contributed by atoms with van der Waals surface area (Å²) in [4.78, 5) is 0. The summed E-state index contributed by atoms with van der Waals surface area (Å²) in [6, 6.07) is 0. The highest BCUT2D eigenvalue weighted by molar-refractivity contribution is 4.53. The second-order valence-electron chi connectivity index (χ2n) is 5.74. The number of hydrogen-bond acceptors (Lipinski definition) is 0. The van der Waals surface area contributed by atoms with E-state index in [1.165, 1.54) is 62.6 Å². The second kappa shape index (κ2) is 5.75. The van der Waals surface area contributed by atoms with Crippen LogP contribution in [0, 0.1) is 5.92 Å². The Hall–Kier alpha value is -0.0400. The molecule has 0 aromatic carbocycles. The molecule has 0 aromatic rings. The number of quaternary nitrogens is 1. The molecule has 0 aliphatic carbocycles. The summed E-state index contributed by atoms with van der Waals surface area (Å²) in [5.41, 5.74) is 0. The van der Waals surface area contributed by atoms with Crippen molar-refractivity contribution in [3.63, 3.8) is 0 Å². The number of nitrogens with zero attached hydrogens (tertiary/aromatic N) is 1. The molecule has 1 aliphatic rings. The van der Waals surface area contributed by atoms with Crippen molar-refractivity contribution < 1.29 is 4.48 Å². The maximum Gasteiger partial charge on any atom is 0.0786 e. The van der Waals surface area contributed by atoms with Crippen molar-refractivity contribution in [1.82, 2.24) is 0 Å². The van der Waals surface area contributed by atoms with E-state index < -0.39 is 0 Å². The van der Waals surface area contributed by atoms with Gasteiger partial charge in [0.2, 0.25) is 0 Å². The average molecular weight is 198 g/mol. The van der Waals surface area contributed by atoms with Crippen LogP contribution in [0.15, 0.2) is 0 Å². The van der Waals surface area contributed by atoms with Gasteiger partial charge >= 0.3 is 0 Å². The highest BCUT2D eigenvalue weighted by Gasteiger charge is 2.25. The Morgan fingerprint density at radius 2 is 1.64 bits per heavy atom. The normalized spacial score (nSPS) is 20.6. The molecule has 0 bridgehead atoms. The zero-order valence-electron chi connectivity index (χ0n) is 10.4. The predicted molar refractivity (Wildman–Crippen MR) is 63.3 cm³/mol. The fourth-order valence-electron chi connectivity index (χ4n) is 2.55. The van der Waals surface area contributed by atoms with Gasteiger partial charge < -0.3 is 4.48 Å². The molecule has 0 unspecified atom stereocenters.